The SMILES string of the molecule is C/C=C/c1cc(C)c(-c2ccccc2C)c2c1sc1ccc3ccccc3c12. The summed E-state index contributed by atoms with van der Waals surface area (Å²) in [6, 6.07) is 24.4. The highest BCUT2D eigenvalue weighted by molar-refractivity contribution is 7.26. The molecule has 0 aliphatic carbocycles. The Morgan fingerprint density at radius 2 is 1.57 bits per heavy atom. The fraction of sp³-hybridized carbons (Fsp3) is 0.111. The summed E-state index contributed by atoms with van der Waals surface area (Å²) in [5.41, 5.74) is 6.69. The fourth-order valence-corrected chi connectivity index (χ4v) is 5.60. The molecule has 1 aromatic heterocycles. The van der Waals surface area contributed by atoms with Gasteiger partial charge in [-0.15, -0.1) is 11.3 Å². The molecule has 0 fully saturated rings. The van der Waals surface area contributed by atoms with E-state index in [1.807, 2.05) is 11.3 Å². The highest BCUT2D eigenvalue weighted by Crippen LogP contribution is 2.46. The molecule has 4 aromatic carbocycles. The first-order valence-electron chi connectivity index (χ1n) is 9.75. The molecule has 1 heteroatoms. The van der Waals surface area contributed by atoms with Crippen molar-refractivity contribution in [2.45, 2.75) is 20.8 Å². The minimum atomic E-state index is 1.31. The third-order valence-corrected chi connectivity index (χ3v) is 6.82. The summed E-state index contributed by atoms with van der Waals surface area (Å²) in [4.78, 5) is 0. The van der Waals surface area contributed by atoms with Crippen molar-refractivity contribution in [3.05, 3.63) is 89.5 Å². The van der Waals surface area contributed by atoms with Crippen molar-refractivity contribution >= 4 is 48.4 Å². The minimum Gasteiger partial charge on any atom is -0.135 e. The quantitative estimate of drug-likeness (QED) is 0.289. The smallest absolute Gasteiger partial charge is 0.0434 e. The molecule has 0 atom stereocenters. The van der Waals surface area contributed by atoms with Gasteiger partial charge in [-0.2, -0.15) is 0 Å². The fourth-order valence-electron chi connectivity index (χ4n) is 4.38. The second-order valence-electron chi connectivity index (χ2n) is 7.44. The molecule has 0 amide bonds. The topological polar surface area (TPSA) is 0 Å². The third-order valence-electron chi connectivity index (χ3n) is 5.62. The summed E-state index contributed by atoms with van der Waals surface area (Å²) in [5.74, 6) is 0. The zero-order valence-corrected chi connectivity index (χ0v) is 17.2. The molecule has 0 aliphatic heterocycles. The van der Waals surface area contributed by atoms with Crippen LogP contribution >= 0.6 is 11.3 Å². The van der Waals surface area contributed by atoms with E-state index in [-0.39, 0.29) is 0 Å². The van der Waals surface area contributed by atoms with Gasteiger partial charge in [-0.1, -0.05) is 66.7 Å². The Hall–Kier alpha value is -2.90. The van der Waals surface area contributed by atoms with Gasteiger partial charge in [-0.05, 0) is 71.5 Å². The number of benzene rings is 4. The van der Waals surface area contributed by atoms with Crippen molar-refractivity contribution in [3.63, 3.8) is 0 Å². The lowest BCUT2D eigenvalue weighted by molar-refractivity contribution is 1.43. The Morgan fingerprint density at radius 3 is 2.39 bits per heavy atom. The van der Waals surface area contributed by atoms with Gasteiger partial charge in [0.1, 0.15) is 0 Å². The maximum atomic E-state index is 2.35. The van der Waals surface area contributed by atoms with Crippen LogP contribution < -0.4 is 0 Å². The monoisotopic (exact) mass is 378 g/mol. The van der Waals surface area contributed by atoms with Gasteiger partial charge in [0.2, 0.25) is 0 Å². The van der Waals surface area contributed by atoms with Crippen LogP contribution in [0.3, 0.4) is 0 Å². The Labute approximate surface area is 169 Å². The molecule has 0 unspecified atom stereocenters. The number of thiophene rings is 1. The van der Waals surface area contributed by atoms with Crippen LogP contribution in [-0.4, -0.2) is 0 Å². The summed E-state index contributed by atoms with van der Waals surface area (Å²) >= 11 is 1.92. The number of allylic oxidation sites excluding steroid dienone is 1. The van der Waals surface area contributed by atoms with E-state index in [1.165, 1.54) is 58.8 Å². The van der Waals surface area contributed by atoms with Gasteiger partial charge in [0, 0.05) is 20.2 Å². The molecule has 5 aromatic rings. The average molecular weight is 379 g/mol. The van der Waals surface area contributed by atoms with E-state index >= 15 is 0 Å². The Morgan fingerprint density at radius 1 is 0.786 bits per heavy atom. The van der Waals surface area contributed by atoms with Crippen LogP contribution in [-0.2, 0) is 0 Å². The van der Waals surface area contributed by atoms with Crippen molar-refractivity contribution in [2.75, 3.05) is 0 Å². The molecule has 0 saturated carbocycles. The number of aryl methyl sites for hydroxylation is 2. The van der Waals surface area contributed by atoms with Gasteiger partial charge >= 0.3 is 0 Å². The molecule has 28 heavy (non-hydrogen) atoms. The van der Waals surface area contributed by atoms with Crippen LogP contribution in [0.4, 0.5) is 0 Å². The lowest BCUT2D eigenvalue weighted by atomic mass is 9.89. The molecule has 0 saturated heterocycles. The first-order chi connectivity index (χ1) is 13.7. The van der Waals surface area contributed by atoms with E-state index in [1.54, 1.807) is 0 Å². The normalized spacial score (nSPS) is 12.0. The predicted molar refractivity (Wildman–Crippen MR) is 126 cm³/mol. The van der Waals surface area contributed by atoms with Crippen LogP contribution in [0.5, 0.6) is 0 Å². The lowest BCUT2D eigenvalue weighted by Gasteiger charge is -2.14. The molecule has 0 radical (unpaired) electrons. The van der Waals surface area contributed by atoms with Crippen LogP contribution in [0.1, 0.15) is 23.6 Å². The average Bonchev–Trinajstić information content (AvgIpc) is 3.10. The molecular weight excluding hydrogens is 356 g/mol. The molecule has 136 valence electrons. The molecule has 5 rings (SSSR count). The molecule has 0 nitrogen and oxygen atoms in total. The lowest BCUT2D eigenvalue weighted by Crippen LogP contribution is -1.90. The van der Waals surface area contributed by atoms with Gasteiger partial charge in [0.15, 0.2) is 0 Å². The Balaban J connectivity index is 2.08. The summed E-state index contributed by atoms with van der Waals surface area (Å²) in [5, 5.41) is 5.45. The first kappa shape index (κ1) is 17.2. The van der Waals surface area contributed by atoms with E-state index in [2.05, 4.69) is 99.7 Å². The second-order valence-corrected chi connectivity index (χ2v) is 8.49. The zero-order chi connectivity index (χ0) is 19.3. The maximum Gasteiger partial charge on any atom is 0.0434 e. The first-order valence-corrected chi connectivity index (χ1v) is 10.6. The zero-order valence-electron chi connectivity index (χ0n) is 16.4. The number of hydrogen-bond donors (Lipinski definition) is 0. The van der Waals surface area contributed by atoms with Gasteiger partial charge in [0.25, 0.3) is 0 Å². The Bertz CT molecular complexity index is 1380. The minimum absolute atomic E-state index is 1.31. The number of rotatable bonds is 2. The van der Waals surface area contributed by atoms with Crippen molar-refractivity contribution in [2.24, 2.45) is 0 Å². The van der Waals surface area contributed by atoms with E-state index in [9.17, 15) is 0 Å². The number of fused-ring (bicyclic) bond motifs is 5. The molecular formula is C27H22S. The van der Waals surface area contributed by atoms with Crippen molar-refractivity contribution in [1.29, 1.82) is 0 Å². The summed E-state index contributed by atoms with van der Waals surface area (Å²) < 4.78 is 2.74. The Kier molecular flexibility index (Phi) is 4.07. The van der Waals surface area contributed by atoms with E-state index in [0.29, 0.717) is 0 Å². The summed E-state index contributed by atoms with van der Waals surface area (Å²) in [7, 11) is 0. The summed E-state index contributed by atoms with van der Waals surface area (Å²) in [6.45, 7) is 6.56. The molecule has 1 heterocycles. The van der Waals surface area contributed by atoms with Crippen molar-refractivity contribution < 1.29 is 0 Å². The standard InChI is InChI=1S/C27H22S/c1-4-9-20-16-18(3)24(21-12-7-5-10-17(21)2)26-25-22-13-8-6-11-19(22)14-15-23(25)28-27(20)26/h4-16H,1-3H3/b9-4+. The third kappa shape index (κ3) is 2.51. The number of hydrogen-bond acceptors (Lipinski definition) is 1. The maximum absolute atomic E-state index is 2.35. The van der Waals surface area contributed by atoms with Crippen LogP contribution in [0.25, 0.3) is 48.1 Å². The van der Waals surface area contributed by atoms with Crippen molar-refractivity contribution in [3.8, 4) is 11.1 Å². The molecule has 0 bridgehead atoms. The molecule has 0 spiro atoms. The van der Waals surface area contributed by atoms with Crippen LogP contribution in [0.15, 0.2) is 72.8 Å². The highest BCUT2D eigenvalue weighted by Gasteiger charge is 2.18. The molecule has 0 aliphatic rings. The van der Waals surface area contributed by atoms with E-state index in [0.717, 1.165) is 0 Å². The van der Waals surface area contributed by atoms with Crippen LogP contribution in [0.2, 0.25) is 0 Å². The van der Waals surface area contributed by atoms with Gasteiger partial charge in [-0.3, -0.25) is 0 Å². The van der Waals surface area contributed by atoms with Crippen LogP contribution in [0, 0.1) is 13.8 Å². The summed E-state index contributed by atoms with van der Waals surface area (Å²) in [6.07, 6.45) is 4.39. The van der Waals surface area contributed by atoms with Gasteiger partial charge in [-0.25, -0.2) is 0 Å². The van der Waals surface area contributed by atoms with Crippen molar-refractivity contribution in [1.82, 2.24) is 0 Å². The van der Waals surface area contributed by atoms with Gasteiger partial charge in [0.05, 0.1) is 0 Å². The second kappa shape index (κ2) is 6.61. The largest absolute Gasteiger partial charge is 0.135 e. The highest BCUT2D eigenvalue weighted by atomic mass is 32.1. The van der Waals surface area contributed by atoms with E-state index in [4.69, 9.17) is 0 Å². The van der Waals surface area contributed by atoms with E-state index < -0.39 is 0 Å². The molecule has 0 N–H and O–H groups in total. The van der Waals surface area contributed by atoms with Gasteiger partial charge < -0.3 is 0 Å². The predicted octanol–water partition coefficient (Wildman–Crippen LogP) is 8.52.